The third-order valence-electron chi connectivity index (χ3n) is 7.36. The summed E-state index contributed by atoms with van der Waals surface area (Å²) in [5.41, 5.74) is 6.70. The second-order valence-corrected chi connectivity index (χ2v) is 9.76. The number of nitrogens with zero attached hydrogens (tertiary/aromatic N) is 2. The van der Waals surface area contributed by atoms with Gasteiger partial charge in [-0.3, -0.25) is 4.90 Å². The quantitative estimate of drug-likeness (QED) is 0.212. The van der Waals surface area contributed by atoms with Crippen LogP contribution in [0.5, 0.6) is 0 Å². The Morgan fingerprint density at radius 1 is 0.450 bits per heavy atom. The molecule has 0 bridgehead atoms. The van der Waals surface area contributed by atoms with Gasteiger partial charge in [0.25, 0.3) is 0 Å². The van der Waals surface area contributed by atoms with E-state index in [1.165, 1.54) is 29.0 Å². The highest BCUT2D eigenvalue weighted by molar-refractivity contribution is 6.22. The van der Waals surface area contributed by atoms with E-state index in [9.17, 15) is 4.39 Å². The topological polar surface area (TPSA) is 16.1 Å². The largest absolute Gasteiger partial charge is 0.294 e. The van der Waals surface area contributed by atoms with Gasteiger partial charge in [0.15, 0.2) is 0 Å². The molecule has 3 heteroatoms. The molecule has 0 amide bonds. The number of aromatic nitrogens is 1. The van der Waals surface area contributed by atoms with Crippen molar-refractivity contribution in [1.29, 1.82) is 0 Å². The SMILES string of the molecule is Fc1ccc(N(c2ccccc2)c2c3ccccc3c(-c3ccc(-c4ccccc4)cc3)c3ccccc23)nc1. The van der Waals surface area contributed by atoms with E-state index in [1.54, 1.807) is 6.07 Å². The van der Waals surface area contributed by atoms with Crippen LogP contribution < -0.4 is 4.90 Å². The Labute approximate surface area is 232 Å². The van der Waals surface area contributed by atoms with E-state index in [2.05, 4.69) is 119 Å². The predicted octanol–water partition coefficient (Wildman–Crippen LogP) is 10.3. The zero-order chi connectivity index (χ0) is 26.9. The van der Waals surface area contributed by atoms with Crippen molar-refractivity contribution in [3.63, 3.8) is 0 Å². The molecule has 1 heterocycles. The van der Waals surface area contributed by atoms with Crippen molar-refractivity contribution < 1.29 is 4.39 Å². The highest BCUT2D eigenvalue weighted by Crippen LogP contribution is 2.47. The highest BCUT2D eigenvalue weighted by Gasteiger charge is 2.22. The van der Waals surface area contributed by atoms with Crippen molar-refractivity contribution in [3.8, 4) is 22.3 Å². The molecular formula is C37H25FN2. The van der Waals surface area contributed by atoms with Crippen LogP contribution in [0.4, 0.5) is 21.6 Å². The Balaban J connectivity index is 1.52. The van der Waals surface area contributed by atoms with Crippen LogP contribution in [0.3, 0.4) is 0 Å². The number of benzene rings is 6. The third-order valence-corrected chi connectivity index (χ3v) is 7.36. The van der Waals surface area contributed by atoms with E-state index in [0.717, 1.165) is 38.5 Å². The predicted molar refractivity (Wildman–Crippen MR) is 165 cm³/mol. The van der Waals surface area contributed by atoms with E-state index in [4.69, 9.17) is 0 Å². The van der Waals surface area contributed by atoms with Crippen molar-refractivity contribution in [1.82, 2.24) is 4.98 Å². The molecule has 7 aromatic rings. The van der Waals surface area contributed by atoms with Gasteiger partial charge >= 0.3 is 0 Å². The van der Waals surface area contributed by atoms with Crippen LogP contribution in [0.15, 0.2) is 152 Å². The van der Waals surface area contributed by atoms with Gasteiger partial charge < -0.3 is 0 Å². The summed E-state index contributed by atoms with van der Waals surface area (Å²) in [5, 5.41) is 4.48. The first-order valence-electron chi connectivity index (χ1n) is 13.3. The van der Waals surface area contributed by atoms with Crippen molar-refractivity contribution in [2.75, 3.05) is 4.90 Å². The molecule has 0 saturated carbocycles. The smallest absolute Gasteiger partial charge is 0.141 e. The molecule has 0 aliphatic heterocycles. The molecule has 0 spiro atoms. The van der Waals surface area contributed by atoms with E-state index in [1.807, 2.05) is 24.3 Å². The number of anilines is 3. The Kier molecular flexibility index (Phi) is 6.02. The van der Waals surface area contributed by atoms with Gasteiger partial charge in [-0.2, -0.15) is 0 Å². The Bertz CT molecular complexity index is 1880. The number of fused-ring (bicyclic) bond motifs is 2. The minimum Gasteiger partial charge on any atom is -0.294 e. The van der Waals surface area contributed by atoms with Crippen molar-refractivity contribution in [2.45, 2.75) is 0 Å². The van der Waals surface area contributed by atoms with Crippen LogP contribution in [0.2, 0.25) is 0 Å². The Morgan fingerprint density at radius 2 is 0.950 bits per heavy atom. The van der Waals surface area contributed by atoms with Crippen LogP contribution in [0.1, 0.15) is 0 Å². The van der Waals surface area contributed by atoms with Crippen molar-refractivity contribution in [3.05, 3.63) is 158 Å². The second kappa shape index (κ2) is 10.1. The van der Waals surface area contributed by atoms with Gasteiger partial charge in [0.05, 0.1) is 11.9 Å². The van der Waals surface area contributed by atoms with Gasteiger partial charge in [-0.1, -0.05) is 121 Å². The van der Waals surface area contributed by atoms with E-state index in [-0.39, 0.29) is 5.82 Å². The Hall–Kier alpha value is -5.28. The maximum Gasteiger partial charge on any atom is 0.141 e. The summed E-state index contributed by atoms with van der Waals surface area (Å²) in [6, 6.07) is 49.6. The number of pyridine rings is 1. The number of para-hydroxylation sites is 1. The summed E-state index contributed by atoms with van der Waals surface area (Å²) in [5.74, 6) is 0.295. The van der Waals surface area contributed by atoms with Gasteiger partial charge in [-0.25, -0.2) is 9.37 Å². The third kappa shape index (κ3) is 4.18. The second-order valence-electron chi connectivity index (χ2n) is 9.76. The van der Waals surface area contributed by atoms with Gasteiger partial charge in [-0.15, -0.1) is 0 Å². The zero-order valence-corrected chi connectivity index (χ0v) is 21.7. The summed E-state index contributed by atoms with van der Waals surface area (Å²) in [6.45, 7) is 0. The lowest BCUT2D eigenvalue weighted by Gasteiger charge is -2.28. The first kappa shape index (κ1) is 23.8. The Morgan fingerprint density at radius 3 is 1.52 bits per heavy atom. The van der Waals surface area contributed by atoms with Crippen LogP contribution >= 0.6 is 0 Å². The normalized spacial score (nSPS) is 11.1. The summed E-state index contributed by atoms with van der Waals surface area (Å²) < 4.78 is 14.0. The summed E-state index contributed by atoms with van der Waals surface area (Å²) in [6.07, 6.45) is 1.28. The van der Waals surface area contributed by atoms with E-state index >= 15 is 0 Å². The summed E-state index contributed by atoms with van der Waals surface area (Å²) in [7, 11) is 0. The van der Waals surface area contributed by atoms with Gasteiger partial charge in [-0.05, 0) is 57.3 Å². The molecule has 0 N–H and O–H groups in total. The first-order valence-corrected chi connectivity index (χ1v) is 13.3. The molecule has 0 atom stereocenters. The molecule has 0 saturated heterocycles. The van der Waals surface area contributed by atoms with Crippen LogP contribution in [0.25, 0.3) is 43.8 Å². The van der Waals surface area contributed by atoms with Gasteiger partial charge in [0, 0.05) is 16.5 Å². The molecule has 0 unspecified atom stereocenters. The molecular weight excluding hydrogens is 491 g/mol. The number of hydrogen-bond donors (Lipinski definition) is 0. The average molecular weight is 517 g/mol. The maximum absolute atomic E-state index is 14.0. The number of halogens is 1. The number of hydrogen-bond acceptors (Lipinski definition) is 2. The fraction of sp³-hybridized carbons (Fsp3) is 0. The molecule has 0 aliphatic carbocycles. The van der Waals surface area contributed by atoms with Crippen LogP contribution in [0, 0.1) is 5.82 Å². The van der Waals surface area contributed by atoms with E-state index < -0.39 is 0 Å². The standard InChI is InChI=1S/C37H25FN2/c38-29-23-24-35(39-25-29)40(30-13-5-2-6-14-30)37-33-17-9-7-15-31(33)36(32-16-8-10-18-34(32)37)28-21-19-27(20-22-28)26-11-3-1-4-12-26/h1-25H. The van der Waals surface area contributed by atoms with Crippen LogP contribution in [-0.2, 0) is 0 Å². The van der Waals surface area contributed by atoms with E-state index in [0.29, 0.717) is 5.82 Å². The lowest BCUT2D eigenvalue weighted by atomic mass is 9.89. The molecule has 7 rings (SSSR count). The number of rotatable bonds is 5. The summed E-state index contributed by atoms with van der Waals surface area (Å²) >= 11 is 0. The van der Waals surface area contributed by atoms with Gasteiger partial charge in [0.2, 0.25) is 0 Å². The van der Waals surface area contributed by atoms with Crippen LogP contribution in [-0.4, -0.2) is 4.98 Å². The molecule has 6 aromatic carbocycles. The molecule has 2 nitrogen and oxygen atoms in total. The lowest BCUT2D eigenvalue weighted by Crippen LogP contribution is -2.13. The molecule has 0 aliphatic rings. The fourth-order valence-electron chi connectivity index (χ4n) is 5.57. The molecule has 40 heavy (non-hydrogen) atoms. The lowest BCUT2D eigenvalue weighted by molar-refractivity contribution is 0.621. The fourth-order valence-corrected chi connectivity index (χ4v) is 5.57. The maximum atomic E-state index is 14.0. The summed E-state index contributed by atoms with van der Waals surface area (Å²) in [4.78, 5) is 6.65. The molecule has 190 valence electrons. The highest BCUT2D eigenvalue weighted by atomic mass is 19.1. The monoisotopic (exact) mass is 516 g/mol. The minimum absolute atomic E-state index is 0.360. The van der Waals surface area contributed by atoms with Crippen molar-refractivity contribution >= 4 is 38.7 Å². The molecule has 0 fully saturated rings. The average Bonchev–Trinajstić information content (AvgIpc) is 3.03. The van der Waals surface area contributed by atoms with Gasteiger partial charge in [0.1, 0.15) is 11.6 Å². The zero-order valence-electron chi connectivity index (χ0n) is 21.7. The first-order chi connectivity index (χ1) is 19.8. The molecule has 1 aromatic heterocycles. The molecule has 0 radical (unpaired) electrons. The minimum atomic E-state index is -0.360. The van der Waals surface area contributed by atoms with Crippen molar-refractivity contribution in [2.24, 2.45) is 0 Å².